The summed E-state index contributed by atoms with van der Waals surface area (Å²) in [4.78, 5) is 16.8. The molecule has 0 saturated carbocycles. The van der Waals surface area contributed by atoms with Crippen molar-refractivity contribution in [3.05, 3.63) is 53.9 Å². The Labute approximate surface area is 146 Å². The number of rotatable bonds is 3. The Morgan fingerprint density at radius 3 is 2.88 bits per heavy atom. The molecule has 3 aromatic rings. The Balaban J connectivity index is 1.69. The van der Waals surface area contributed by atoms with Gasteiger partial charge in [-0.05, 0) is 24.8 Å². The van der Waals surface area contributed by atoms with E-state index in [1.54, 1.807) is 18.6 Å². The molecule has 0 radical (unpaired) electrons. The van der Waals surface area contributed by atoms with Crippen LogP contribution in [0.4, 0.5) is 19.1 Å². The second-order valence-corrected chi connectivity index (χ2v) is 6.01. The fraction of sp³-hybridized carbons (Fsp3) is 0.294. The van der Waals surface area contributed by atoms with E-state index in [2.05, 4.69) is 31.3 Å². The number of aromatic nitrogens is 5. The van der Waals surface area contributed by atoms with E-state index in [0.717, 1.165) is 35.2 Å². The van der Waals surface area contributed by atoms with Crippen LogP contribution in [0.3, 0.4) is 0 Å². The molecule has 1 aliphatic rings. The van der Waals surface area contributed by atoms with Gasteiger partial charge < -0.3 is 5.32 Å². The Kier molecular flexibility index (Phi) is 4.06. The molecule has 0 aliphatic heterocycles. The van der Waals surface area contributed by atoms with Crippen LogP contribution >= 0.6 is 0 Å². The smallest absolute Gasteiger partial charge is 0.345 e. The van der Waals surface area contributed by atoms with Crippen LogP contribution in [-0.2, 0) is 6.42 Å². The molecule has 3 aromatic heterocycles. The lowest BCUT2D eigenvalue weighted by atomic mass is 10.0. The lowest BCUT2D eigenvalue weighted by Crippen LogP contribution is -2.22. The Morgan fingerprint density at radius 1 is 1.15 bits per heavy atom. The van der Waals surface area contributed by atoms with E-state index >= 15 is 0 Å². The number of anilines is 1. The minimum atomic E-state index is -4.31. The molecule has 134 valence electrons. The van der Waals surface area contributed by atoms with E-state index in [4.69, 9.17) is 0 Å². The van der Waals surface area contributed by atoms with E-state index in [0.29, 0.717) is 12.2 Å². The van der Waals surface area contributed by atoms with Gasteiger partial charge in [0.25, 0.3) is 0 Å². The second-order valence-electron chi connectivity index (χ2n) is 6.01. The van der Waals surface area contributed by atoms with Crippen LogP contribution in [0, 0.1) is 0 Å². The van der Waals surface area contributed by atoms with Crippen molar-refractivity contribution < 1.29 is 13.2 Å². The molecule has 3 heterocycles. The van der Waals surface area contributed by atoms with Gasteiger partial charge in [0.1, 0.15) is 6.54 Å². The summed E-state index contributed by atoms with van der Waals surface area (Å²) in [6.45, 7) is -1.16. The first-order chi connectivity index (χ1) is 12.5. The van der Waals surface area contributed by atoms with Gasteiger partial charge >= 0.3 is 6.18 Å². The molecule has 0 bridgehead atoms. The van der Waals surface area contributed by atoms with Crippen LogP contribution in [0.5, 0.6) is 0 Å². The third-order valence-electron chi connectivity index (χ3n) is 4.13. The highest BCUT2D eigenvalue weighted by Gasteiger charge is 2.27. The van der Waals surface area contributed by atoms with E-state index in [1.165, 1.54) is 0 Å². The maximum absolute atomic E-state index is 12.4. The molecule has 0 unspecified atom stereocenters. The molecule has 9 heteroatoms. The highest BCUT2D eigenvalue weighted by Crippen LogP contribution is 2.30. The van der Waals surface area contributed by atoms with Gasteiger partial charge in [0, 0.05) is 42.1 Å². The van der Waals surface area contributed by atoms with Gasteiger partial charge in [0.15, 0.2) is 0 Å². The minimum absolute atomic E-state index is 0.00879. The van der Waals surface area contributed by atoms with Gasteiger partial charge in [-0.1, -0.05) is 6.08 Å². The van der Waals surface area contributed by atoms with Crippen LogP contribution < -0.4 is 5.32 Å². The normalized spacial score (nSPS) is 14.7. The van der Waals surface area contributed by atoms with Gasteiger partial charge in [0.2, 0.25) is 11.7 Å². The Hall–Kier alpha value is -2.97. The van der Waals surface area contributed by atoms with Crippen LogP contribution in [0.1, 0.15) is 29.7 Å². The molecule has 0 saturated heterocycles. The van der Waals surface area contributed by atoms with Crippen molar-refractivity contribution in [3.63, 3.8) is 0 Å². The van der Waals surface area contributed by atoms with Crippen LogP contribution in [0.2, 0.25) is 0 Å². The number of alkyl halides is 3. The number of fused-ring (bicyclic) bond motifs is 2. The van der Waals surface area contributed by atoms with Crippen molar-refractivity contribution in [3.8, 4) is 0 Å². The molecular weight excluding hydrogens is 345 g/mol. The molecule has 0 atom stereocenters. The fourth-order valence-corrected chi connectivity index (χ4v) is 2.95. The highest BCUT2D eigenvalue weighted by atomic mass is 19.4. The molecule has 6 nitrogen and oxygen atoms in total. The molecule has 0 amide bonds. The quantitative estimate of drug-likeness (QED) is 0.777. The second kappa shape index (κ2) is 6.40. The van der Waals surface area contributed by atoms with Crippen molar-refractivity contribution in [2.24, 2.45) is 0 Å². The summed E-state index contributed by atoms with van der Waals surface area (Å²) in [7, 11) is 0. The number of hydrogen-bond donors (Lipinski definition) is 1. The lowest BCUT2D eigenvalue weighted by molar-refractivity contribution is -0.115. The molecule has 4 rings (SSSR count). The standard InChI is InChI=1S/C17H15F3N6/c18-17(19,20)10-24-15-22-8-13-12(3-1-2-4-14(13)25-15)11-7-23-16-21-5-6-26(16)9-11/h3,5-9H,1-2,4,10H2,(H,22,24,25). The first kappa shape index (κ1) is 16.5. The SMILES string of the molecule is FC(F)(F)CNc1ncc2c(n1)CCCC=C2c1cnc2nccn2c1. The number of hydrogen-bond acceptors (Lipinski definition) is 5. The summed E-state index contributed by atoms with van der Waals surface area (Å²) >= 11 is 0. The third-order valence-corrected chi connectivity index (χ3v) is 4.13. The minimum Gasteiger partial charge on any atom is -0.345 e. The number of nitrogens with one attached hydrogen (secondary N) is 1. The molecular formula is C17H15F3N6. The van der Waals surface area contributed by atoms with E-state index < -0.39 is 12.7 Å². The maximum Gasteiger partial charge on any atom is 0.405 e. The largest absolute Gasteiger partial charge is 0.405 e. The first-order valence-electron chi connectivity index (χ1n) is 8.16. The van der Waals surface area contributed by atoms with Crippen LogP contribution in [0.15, 0.2) is 37.1 Å². The van der Waals surface area contributed by atoms with E-state index in [1.807, 2.05) is 16.8 Å². The predicted molar refractivity (Wildman–Crippen MR) is 89.6 cm³/mol. The average molecular weight is 360 g/mol. The summed E-state index contributed by atoms with van der Waals surface area (Å²) in [5, 5.41) is 2.24. The summed E-state index contributed by atoms with van der Waals surface area (Å²) < 4.78 is 39.0. The third kappa shape index (κ3) is 3.37. The van der Waals surface area contributed by atoms with Crippen molar-refractivity contribution in [2.45, 2.75) is 25.4 Å². The van der Waals surface area contributed by atoms with Crippen LogP contribution in [-0.4, -0.2) is 37.1 Å². The summed E-state index contributed by atoms with van der Waals surface area (Å²) in [6.07, 6.45) is 8.89. The maximum atomic E-state index is 12.4. The van der Waals surface area contributed by atoms with Gasteiger partial charge in [0.05, 0.1) is 5.69 Å². The monoisotopic (exact) mass is 360 g/mol. The summed E-state index contributed by atoms with van der Waals surface area (Å²) in [5.41, 5.74) is 3.38. The molecule has 1 N–H and O–H groups in total. The number of halogens is 3. The molecule has 1 aliphatic carbocycles. The average Bonchev–Trinajstić information content (AvgIpc) is 2.97. The van der Waals surface area contributed by atoms with Crippen LogP contribution in [0.25, 0.3) is 11.4 Å². The summed E-state index contributed by atoms with van der Waals surface area (Å²) in [5.74, 6) is 0.594. The van der Waals surface area contributed by atoms with Gasteiger partial charge in [-0.3, -0.25) is 4.40 Å². The first-order valence-corrected chi connectivity index (χ1v) is 8.16. The zero-order chi connectivity index (χ0) is 18.1. The van der Waals surface area contributed by atoms with Crippen molar-refractivity contribution >= 4 is 17.3 Å². The number of nitrogens with zero attached hydrogens (tertiary/aromatic N) is 5. The molecule has 0 fully saturated rings. The summed E-state index contributed by atoms with van der Waals surface area (Å²) in [6, 6.07) is 0. The van der Waals surface area contributed by atoms with Gasteiger partial charge in [-0.15, -0.1) is 0 Å². The number of aryl methyl sites for hydroxylation is 1. The highest BCUT2D eigenvalue weighted by molar-refractivity contribution is 5.80. The van der Waals surface area contributed by atoms with Crippen molar-refractivity contribution in [1.82, 2.24) is 24.3 Å². The van der Waals surface area contributed by atoms with Gasteiger partial charge in [-0.25, -0.2) is 19.9 Å². The predicted octanol–water partition coefficient (Wildman–Crippen LogP) is 3.26. The number of allylic oxidation sites excluding steroid dienone is 1. The molecule has 0 aromatic carbocycles. The Bertz CT molecular complexity index is 976. The molecule has 0 spiro atoms. The Morgan fingerprint density at radius 2 is 2.04 bits per heavy atom. The van der Waals surface area contributed by atoms with Gasteiger partial charge in [-0.2, -0.15) is 13.2 Å². The van der Waals surface area contributed by atoms with E-state index in [-0.39, 0.29) is 5.95 Å². The van der Waals surface area contributed by atoms with Crippen molar-refractivity contribution in [1.29, 1.82) is 0 Å². The zero-order valence-electron chi connectivity index (χ0n) is 13.7. The fourth-order valence-electron chi connectivity index (χ4n) is 2.95. The lowest BCUT2D eigenvalue weighted by Gasteiger charge is -2.13. The molecule has 26 heavy (non-hydrogen) atoms. The topological polar surface area (TPSA) is 68.0 Å². The van der Waals surface area contributed by atoms with E-state index in [9.17, 15) is 13.2 Å². The van der Waals surface area contributed by atoms with Crippen molar-refractivity contribution in [2.75, 3.05) is 11.9 Å². The zero-order valence-corrected chi connectivity index (χ0v) is 13.7. The number of imidazole rings is 1.